The van der Waals surface area contributed by atoms with Crippen LogP contribution in [0.2, 0.25) is 0 Å². The second-order valence-corrected chi connectivity index (χ2v) is 0.986. The van der Waals surface area contributed by atoms with Crippen LogP contribution in [0.5, 0.6) is 0 Å². The van der Waals surface area contributed by atoms with E-state index in [1.54, 1.807) is 14.2 Å². The Hall–Kier alpha value is 1.56. The van der Waals surface area contributed by atoms with Crippen LogP contribution in [0.1, 0.15) is 0 Å². The van der Waals surface area contributed by atoms with E-state index in [9.17, 15) is 0 Å². The second-order valence-electron chi connectivity index (χ2n) is 0.986. The molecule has 0 unspecified atom stereocenters. The summed E-state index contributed by atoms with van der Waals surface area (Å²) in [6, 6.07) is 0. The van der Waals surface area contributed by atoms with Gasteiger partial charge in [-0.1, -0.05) is 0 Å². The van der Waals surface area contributed by atoms with Gasteiger partial charge in [-0.3, -0.25) is 0 Å². The summed E-state index contributed by atoms with van der Waals surface area (Å²) in [6.07, 6.45) is 0. The Bertz CT molecular complexity index is 21.7. The van der Waals surface area contributed by atoms with Crippen LogP contribution in [-0.2, 0) is 9.47 Å². The van der Waals surface area contributed by atoms with Crippen molar-refractivity contribution in [2.45, 2.75) is 0 Å². The quantitative estimate of drug-likeness (QED) is 0.391. The second kappa shape index (κ2) is 10.5. The molecule has 0 amide bonds. The van der Waals surface area contributed by atoms with Crippen molar-refractivity contribution in [1.29, 1.82) is 0 Å². The molecule has 0 atom stereocenters. The molecule has 39 valence electrons. The van der Waals surface area contributed by atoms with E-state index >= 15 is 0 Å². The fourth-order valence-electron chi connectivity index (χ4n) is 0.167. The van der Waals surface area contributed by atoms with Gasteiger partial charge >= 0.3 is 0 Å². The molecule has 0 saturated heterocycles. The minimum absolute atomic E-state index is 0. The van der Waals surface area contributed by atoms with Crippen LogP contribution in [0.3, 0.4) is 0 Å². The molecule has 0 rings (SSSR count). The Morgan fingerprint density at radius 1 is 1.00 bits per heavy atom. The molecule has 0 bridgehead atoms. The zero-order valence-corrected chi connectivity index (χ0v) is 8.35. The Balaban J connectivity index is 0. The molecule has 0 spiro atoms. The van der Waals surface area contributed by atoms with Gasteiger partial charge in [-0.15, -0.1) is 0 Å². The van der Waals surface area contributed by atoms with E-state index in [1.807, 2.05) is 0 Å². The van der Waals surface area contributed by atoms with Crippen molar-refractivity contribution in [2.24, 2.45) is 0 Å². The van der Waals surface area contributed by atoms with E-state index in [0.717, 1.165) is 0 Å². The number of ether oxygens (including phenoxy) is 2. The van der Waals surface area contributed by atoms with Gasteiger partial charge in [0.25, 0.3) is 0 Å². The van der Waals surface area contributed by atoms with Crippen LogP contribution in [0.25, 0.3) is 0 Å². The molecule has 0 saturated carbocycles. The largest absolute Gasteiger partial charge is 0.382 e. The average molecular weight is 129 g/mol. The summed E-state index contributed by atoms with van der Waals surface area (Å²) in [6.45, 7) is 1.38. The molecule has 0 aliphatic rings. The number of hydrogen-bond donors (Lipinski definition) is 0. The summed E-state index contributed by atoms with van der Waals surface area (Å²) < 4.78 is 9.31. The van der Waals surface area contributed by atoms with Gasteiger partial charge in [-0.2, -0.15) is 0 Å². The van der Waals surface area contributed by atoms with Crippen LogP contribution in [0, 0.1) is 0 Å². The summed E-state index contributed by atoms with van der Waals surface area (Å²) in [5.41, 5.74) is 0. The van der Waals surface area contributed by atoms with Crippen molar-refractivity contribution in [2.75, 3.05) is 27.4 Å². The first kappa shape index (κ1) is 11.4. The van der Waals surface area contributed by atoms with Crippen molar-refractivity contribution in [1.82, 2.24) is 0 Å². The Morgan fingerprint density at radius 3 is 1.43 bits per heavy atom. The van der Waals surface area contributed by atoms with Gasteiger partial charge in [0, 0.05) is 65.6 Å². The first-order chi connectivity index (χ1) is 2.91. The number of methoxy groups -OCH3 is 2. The molecule has 0 aromatic carbocycles. The standard InChI is InChI=1S/C4H10O2.K/c1-5-3-4-6-2;/h3-4H2,1-2H3;. The average Bonchev–Trinajstić information content (AvgIpc) is 1.61. The van der Waals surface area contributed by atoms with Crippen LogP contribution < -0.4 is 0 Å². The van der Waals surface area contributed by atoms with Crippen LogP contribution in [-0.4, -0.2) is 78.8 Å². The van der Waals surface area contributed by atoms with Crippen LogP contribution in [0.4, 0.5) is 0 Å². The fourth-order valence-corrected chi connectivity index (χ4v) is 0.167. The summed E-state index contributed by atoms with van der Waals surface area (Å²) in [5, 5.41) is 0. The van der Waals surface area contributed by atoms with Crippen molar-refractivity contribution in [3.63, 3.8) is 0 Å². The molecule has 0 N–H and O–H groups in total. The van der Waals surface area contributed by atoms with Gasteiger partial charge in [-0.25, -0.2) is 0 Å². The van der Waals surface area contributed by atoms with E-state index in [-0.39, 0.29) is 51.4 Å². The molecule has 7 heavy (non-hydrogen) atoms. The maximum atomic E-state index is 4.66. The molecule has 2 nitrogen and oxygen atoms in total. The van der Waals surface area contributed by atoms with Crippen molar-refractivity contribution in [3.05, 3.63) is 0 Å². The summed E-state index contributed by atoms with van der Waals surface area (Å²) in [7, 11) is 3.30. The zero-order valence-electron chi connectivity index (χ0n) is 5.23. The van der Waals surface area contributed by atoms with Crippen LogP contribution in [0.15, 0.2) is 0 Å². The summed E-state index contributed by atoms with van der Waals surface area (Å²) in [5.74, 6) is 0. The van der Waals surface area contributed by atoms with Crippen molar-refractivity contribution in [3.8, 4) is 0 Å². The van der Waals surface area contributed by atoms with Gasteiger partial charge in [0.05, 0.1) is 13.2 Å². The Labute approximate surface area is 87.0 Å². The monoisotopic (exact) mass is 129 g/mol. The Morgan fingerprint density at radius 2 is 1.29 bits per heavy atom. The smallest absolute Gasteiger partial charge is 0.0696 e. The molecule has 0 aromatic rings. The van der Waals surface area contributed by atoms with Crippen molar-refractivity contribution >= 4 is 51.4 Å². The first-order valence-electron chi connectivity index (χ1n) is 1.89. The third kappa shape index (κ3) is 11.2. The molecule has 0 aromatic heterocycles. The zero-order chi connectivity index (χ0) is 4.83. The van der Waals surface area contributed by atoms with E-state index < -0.39 is 0 Å². The maximum absolute atomic E-state index is 4.66. The van der Waals surface area contributed by atoms with E-state index in [0.29, 0.717) is 13.2 Å². The van der Waals surface area contributed by atoms with E-state index in [2.05, 4.69) is 9.47 Å². The first-order valence-corrected chi connectivity index (χ1v) is 1.89. The third-order valence-electron chi connectivity index (χ3n) is 0.492. The van der Waals surface area contributed by atoms with E-state index in [1.165, 1.54) is 0 Å². The van der Waals surface area contributed by atoms with Gasteiger partial charge in [0.1, 0.15) is 0 Å². The summed E-state index contributed by atoms with van der Waals surface area (Å²) in [4.78, 5) is 0. The molecule has 0 heterocycles. The number of hydrogen-bond acceptors (Lipinski definition) is 2. The van der Waals surface area contributed by atoms with Crippen molar-refractivity contribution < 1.29 is 9.47 Å². The summed E-state index contributed by atoms with van der Waals surface area (Å²) >= 11 is 0. The topological polar surface area (TPSA) is 18.5 Å². The fraction of sp³-hybridized carbons (Fsp3) is 1.00. The molecular weight excluding hydrogens is 119 g/mol. The van der Waals surface area contributed by atoms with E-state index in [4.69, 9.17) is 0 Å². The van der Waals surface area contributed by atoms with Gasteiger partial charge in [0.15, 0.2) is 0 Å². The molecular formula is C4H10KO2. The predicted molar refractivity (Wildman–Crippen MR) is 29.5 cm³/mol. The number of rotatable bonds is 3. The molecule has 3 heteroatoms. The predicted octanol–water partition coefficient (Wildman–Crippen LogP) is -0.102. The minimum Gasteiger partial charge on any atom is -0.382 e. The normalized spacial score (nSPS) is 7.71. The van der Waals surface area contributed by atoms with Gasteiger partial charge in [0.2, 0.25) is 0 Å². The molecule has 0 fully saturated rings. The van der Waals surface area contributed by atoms with Gasteiger partial charge < -0.3 is 9.47 Å². The SMILES string of the molecule is COCCOC.[K]. The molecule has 0 aliphatic carbocycles. The van der Waals surface area contributed by atoms with Gasteiger partial charge in [-0.05, 0) is 0 Å². The minimum atomic E-state index is 0. The Kier molecular flexibility index (Phi) is 17.1. The van der Waals surface area contributed by atoms with Crippen LogP contribution >= 0.6 is 0 Å². The molecule has 1 radical (unpaired) electrons. The molecule has 0 aliphatic heterocycles. The third-order valence-corrected chi connectivity index (χ3v) is 0.492. The maximum Gasteiger partial charge on any atom is 0.0696 e.